The minimum absolute atomic E-state index is 0. The first-order valence-electron chi connectivity index (χ1n) is 2.60. The summed E-state index contributed by atoms with van der Waals surface area (Å²) in [5.41, 5.74) is 6.89. The highest BCUT2D eigenvalue weighted by atomic mass is 35.5. The van der Waals surface area contributed by atoms with E-state index in [1.54, 1.807) is 18.3 Å². The summed E-state index contributed by atoms with van der Waals surface area (Å²) in [7, 11) is 0. The Morgan fingerprint density at radius 2 is 2.30 bits per heavy atom. The molecule has 1 heterocycles. The summed E-state index contributed by atoms with van der Waals surface area (Å²) < 4.78 is 0. The lowest BCUT2D eigenvalue weighted by molar-refractivity contribution is 1.18. The van der Waals surface area contributed by atoms with Crippen LogP contribution in [0.3, 0.4) is 0 Å². The lowest BCUT2D eigenvalue weighted by Crippen LogP contribution is -1.93. The number of rotatable bonds is 1. The fourth-order valence-corrected chi connectivity index (χ4v) is 0.785. The Hall–Kier alpha value is -0.470. The molecule has 1 rings (SSSR count). The number of nitrogens with two attached hydrogens (primary N) is 1. The zero-order valence-electron chi connectivity index (χ0n) is 5.25. The van der Waals surface area contributed by atoms with Gasteiger partial charge in [0, 0.05) is 6.20 Å². The Labute approximate surface area is 70.8 Å². The normalized spacial score (nSPS) is 8.50. The van der Waals surface area contributed by atoms with Crippen molar-refractivity contribution in [2.45, 2.75) is 5.88 Å². The highest BCUT2D eigenvalue weighted by molar-refractivity contribution is 6.17. The molecule has 0 radical (unpaired) electrons. The summed E-state index contributed by atoms with van der Waals surface area (Å²) in [5, 5.41) is 0. The predicted octanol–water partition coefficient (Wildman–Crippen LogP) is 1.82. The van der Waals surface area contributed by atoms with Crippen molar-refractivity contribution in [1.82, 2.24) is 4.98 Å². The van der Waals surface area contributed by atoms with Crippen LogP contribution in [0.15, 0.2) is 18.3 Å². The average Bonchev–Trinajstić information content (AvgIpc) is 1.89. The van der Waals surface area contributed by atoms with E-state index in [0.717, 1.165) is 5.69 Å². The molecule has 0 unspecified atom stereocenters. The Kier molecular flexibility index (Phi) is 4.16. The van der Waals surface area contributed by atoms with Crippen LogP contribution in [0.25, 0.3) is 0 Å². The molecule has 0 spiro atoms. The van der Waals surface area contributed by atoms with Gasteiger partial charge < -0.3 is 5.73 Å². The molecule has 56 valence electrons. The van der Waals surface area contributed by atoms with Gasteiger partial charge in [0.15, 0.2) is 0 Å². The molecule has 0 fully saturated rings. The van der Waals surface area contributed by atoms with Crippen LogP contribution in [0.2, 0.25) is 0 Å². The van der Waals surface area contributed by atoms with E-state index < -0.39 is 0 Å². The number of halogens is 2. The van der Waals surface area contributed by atoms with Crippen LogP contribution in [0, 0.1) is 0 Å². The van der Waals surface area contributed by atoms with Gasteiger partial charge in [-0.3, -0.25) is 4.98 Å². The van der Waals surface area contributed by atoms with Crippen LogP contribution in [0.1, 0.15) is 5.69 Å². The van der Waals surface area contributed by atoms with Crippen LogP contribution >= 0.6 is 24.0 Å². The van der Waals surface area contributed by atoms with Crippen molar-refractivity contribution in [3.05, 3.63) is 24.0 Å². The molecule has 0 aliphatic carbocycles. The lowest BCUT2D eigenvalue weighted by atomic mass is 10.3. The molecular formula is C6H8Cl2N2. The van der Waals surface area contributed by atoms with Gasteiger partial charge in [-0.25, -0.2) is 0 Å². The first-order chi connectivity index (χ1) is 4.34. The summed E-state index contributed by atoms with van der Waals surface area (Å²) in [6.07, 6.45) is 1.67. The molecule has 0 saturated carbocycles. The SMILES string of the molecule is Cl.Nc1cccnc1CCl. The minimum Gasteiger partial charge on any atom is -0.397 e. The fraction of sp³-hybridized carbons (Fsp3) is 0.167. The molecule has 0 bridgehead atoms. The number of nitrogen functional groups attached to an aromatic ring is 1. The molecule has 0 saturated heterocycles. The monoisotopic (exact) mass is 178 g/mol. The Morgan fingerprint density at radius 1 is 1.60 bits per heavy atom. The molecule has 1 aromatic heterocycles. The van der Waals surface area contributed by atoms with E-state index in [1.165, 1.54) is 0 Å². The third-order valence-corrected chi connectivity index (χ3v) is 1.31. The molecule has 0 amide bonds. The van der Waals surface area contributed by atoms with E-state index in [0.29, 0.717) is 11.6 Å². The molecule has 2 N–H and O–H groups in total. The smallest absolute Gasteiger partial charge is 0.0780 e. The minimum atomic E-state index is 0. The number of alkyl halides is 1. The van der Waals surface area contributed by atoms with Crippen LogP contribution in [0.4, 0.5) is 5.69 Å². The van der Waals surface area contributed by atoms with Gasteiger partial charge in [-0.05, 0) is 12.1 Å². The standard InChI is InChI=1S/C6H7ClN2.ClH/c7-4-6-5(8)2-1-3-9-6;/h1-3H,4,8H2;1H. The number of anilines is 1. The van der Waals surface area contributed by atoms with E-state index in [4.69, 9.17) is 17.3 Å². The topological polar surface area (TPSA) is 38.9 Å². The van der Waals surface area contributed by atoms with Crippen LogP contribution < -0.4 is 5.73 Å². The fourth-order valence-electron chi connectivity index (χ4n) is 0.562. The first-order valence-corrected chi connectivity index (χ1v) is 3.13. The Morgan fingerprint density at radius 3 is 2.70 bits per heavy atom. The maximum absolute atomic E-state index is 5.49. The number of hydrogen-bond acceptors (Lipinski definition) is 2. The molecule has 2 nitrogen and oxygen atoms in total. The van der Waals surface area contributed by atoms with Crippen molar-refractivity contribution in [1.29, 1.82) is 0 Å². The second-order valence-electron chi connectivity index (χ2n) is 1.67. The number of pyridine rings is 1. The Balaban J connectivity index is 0.000000810. The second-order valence-corrected chi connectivity index (χ2v) is 1.94. The van der Waals surface area contributed by atoms with Crippen molar-refractivity contribution in [2.24, 2.45) is 0 Å². The molecule has 0 aromatic carbocycles. The highest BCUT2D eigenvalue weighted by Crippen LogP contribution is 2.08. The van der Waals surface area contributed by atoms with Gasteiger partial charge in [-0.2, -0.15) is 0 Å². The third kappa shape index (κ3) is 2.05. The number of aromatic nitrogens is 1. The van der Waals surface area contributed by atoms with Crippen LogP contribution in [-0.2, 0) is 5.88 Å². The third-order valence-electron chi connectivity index (χ3n) is 1.05. The number of hydrogen-bond donors (Lipinski definition) is 1. The predicted molar refractivity (Wildman–Crippen MR) is 45.5 cm³/mol. The van der Waals surface area contributed by atoms with E-state index in [2.05, 4.69) is 4.98 Å². The molecule has 0 atom stereocenters. The van der Waals surface area contributed by atoms with Crippen molar-refractivity contribution in [2.75, 3.05) is 5.73 Å². The maximum atomic E-state index is 5.49. The van der Waals surface area contributed by atoms with E-state index in [9.17, 15) is 0 Å². The number of nitrogens with zero attached hydrogens (tertiary/aromatic N) is 1. The van der Waals surface area contributed by atoms with Crippen molar-refractivity contribution >= 4 is 29.7 Å². The van der Waals surface area contributed by atoms with Gasteiger partial charge in [0.25, 0.3) is 0 Å². The lowest BCUT2D eigenvalue weighted by Gasteiger charge is -1.96. The molecule has 1 aromatic rings. The maximum Gasteiger partial charge on any atom is 0.0780 e. The van der Waals surface area contributed by atoms with Crippen molar-refractivity contribution in [3.8, 4) is 0 Å². The zero-order chi connectivity index (χ0) is 6.69. The molecule has 0 aliphatic heterocycles. The zero-order valence-corrected chi connectivity index (χ0v) is 6.82. The van der Waals surface area contributed by atoms with Crippen molar-refractivity contribution < 1.29 is 0 Å². The van der Waals surface area contributed by atoms with E-state index in [1.807, 2.05) is 0 Å². The molecule has 10 heavy (non-hydrogen) atoms. The van der Waals surface area contributed by atoms with Gasteiger partial charge in [0.2, 0.25) is 0 Å². The van der Waals surface area contributed by atoms with Crippen LogP contribution in [-0.4, -0.2) is 4.98 Å². The quantitative estimate of drug-likeness (QED) is 0.667. The van der Waals surface area contributed by atoms with E-state index >= 15 is 0 Å². The van der Waals surface area contributed by atoms with Gasteiger partial charge in [-0.1, -0.05) is 0 Å². The van der Waals surface area contributed by atoms with Crippen molar-refractivity contribution in [3.63, 3.8) is 0 Å². The summed E-state index contributed by atoms with van der Waals surface area (Å²) in [6.45, 7) is 0. The molecule has 0 aliphatic rings. The first kappa shape index (κ1) is 9.53. The summed E-state index contributed by atoms with van der Waals surface area (Å²) >= 11 is 5.49. The van der Waals surface area contributed by atoms with E-state index in [-0.39, 0.29) is 12.4 Å². The second kappa shape index (κ2) is 4.36. The highest BCUT2D eigenvalue weighted by Gasteiger charge is 1.93. The van der Waals surface area contributed by atoms with Gasteiger partial charge in [0.1, 0.15) is 0 Å². The van der Waals surface area contributed by atoms with Gasteiger partial charge in [0.05, 0.1) is 17.3 Å². The average molecular weight is 179 g/mol. The summed E-state index contributed by atoms with van der Waals surface area (Å²) in [4.78, 5) is 3.94. The summed E-state index contributed by atoms with van der Waals surface area (Å²) in [6, 6.07) is 3.57. The van der Waals surface area contributed by atoms with Gasteiger partial charge in [-0.15, -0.1) is 24.0 Å². The molecule has 4 heteroatoms. The van der Waals surface area contributed by atoms with Crippen LogP contribution in [0.5, 0.6) is 0 Å². The summed E-state index contributed by atoms with van der Waals surface area (Å²) in [5.74, 6) is 0.382. The largest absolute Gasteiger partial charge is 0.397 e. The molecular weight excluding hydrogens is 171 g/mol. The van der Waals surface area contributed by atoms with Gasteiger partial charge >= 0.3 is 0 Å². The Bertz CT molecular complexity index is 203.